The Morgan fingerprint density at radius 3 is 2.59 bits per heavy atom. The summed E-state index contributed by atoms with van der Waals surface area (Å²) >= 11 is 0. The molecule has 17 heavy (non-hydrogen) atoms. The third-order valence-corrected chi connectivity index (χ3v) is 4.30. The van der Waals surface area contributed by atoms with Gasteiger partial charge in [-0.05, 0) is 50.8 Å². The minimum Gasteiger partial charge on any atom is -0.487 e. The summed E-state index contributed by atoms with van der Waals surface area (Å²) in [5.41, 5.74) is 9.09. The molecule has 1 atom stereocenters. The van der Waals surface area contributed by atoms with Crippen LogP contribution < -0.4 is 10.5 Å². The van der Waals surface area contributed by atoms with E-state index in [9.17, 15) is 0 Å². The van der Waals surface area contributed by atoms with Crippen molar-refractivity contribution in [1.29, 1.82) is 0 Å². The Balaban J connectivity index is 1.97. The standard InChI is InChI=1S/C15H21NO/c1-10(16)15(6-7-15)12-4-5-13-11(8-12)9-14(2,3)17-13/h4-5,8,10H,6-7,9,16H2,1-3H3. The molecule has 0 spiro atoms. The van der Waals surface area contributed by atoms with Crippen LogP contribution in [0.1, 0.15) is 44.7 Å². The van der Waals surface area contributed by atoms with E-state index in [1.807, 2.05) is 0 Å². The Hall–Kier alpha value is -1.02. The van der Waals surface area contributed by atoms with Crippen LogP contribution in [-0.2, 0) is 11.8 Å². The molecular formula is C15H21NO. The lowest BCUT2D eigenvalue weighted by Crippen LogP contribution is -2.31. The van der Waals surface area contributed by atoms with Gasteiger partial charge in [0.15, 0.2) is 0 Å². The van der Waals surface area contributed by atoms with Crippen molar-refractivity contribution in [2.75, 3.05) is 0 Å². The molecule has 1 heterocycles. The maximum absolute atomic E-state index is 6.13. The molecule has 1 aliphatic heterocycles. The van der Waals surface area contributed by atoms with Crippen LogP contribution in [-0.4, -0.2) is 11.6 Å². The van der Waals surface area contributed by atoms with Crippen LogP contribution in [0.4, 0.5) is 0 Å². The molecule has 0 aromatic heterocycles. The number of fused-ring (bicyclic) bond motifs is 1. The van der Waals surface area contributed by atoms with Crippen molar-refractivity contribution in [1.82, 2.24) is 0 Å². The van der Waals surface area contributed by atoms with E-state index in [-0.39, 0.29) is 17.1 Å². The van der Waals surface area contributed by atoms with Gasteiger partial charge in [-0.15, -0.1) is 0 Å². The van der Waals surface area contributed by atoms with Crippen LogP contribution in [0.3, 0.4) is 0 Å². The molecular weight excluding hydrogens is 210 g/mol. The number of nitrogens with two attached hydrogens (primary N) is 1. The van der Waals surface area contributed by atoms with Crippen molar-refractivity contribution in [3.05, 3.63) is 29.3 Å². The Morgan fingerprint density at radius 2 is 2.00 bits per heavy atom. The highest BCUT2D eigenvalue weighted by atomic mass is 16.5. The van der Waals surface area contributed by atoms with E-state index in [1.54, 1.807) is 0 Å². The Labute approximate surface area is 103 Å². The molecule has 3 rings (SSSR count). The second kappa shape index (κ2) is 3.26. The summed E-state index contributed by atoms with van der Waals surface area (Å²) in [6.45, 7) is 6.41. The third kappa shape index (κ3) is 1.66. The summed E-state index contributed by atoms with van der Waals surface area (Å²) in [6, 6.07) is 6.90. The van der Waals surface area contributed by atoms with Gasteiger partial charge in [-0.3, -0.25) is 0 Å². The smallest absolute Gasteiger partial charge is 0.123 e. The maximum atomic E-state index is 6.13. The van der Waals surface area contributed by atoms with Crippen molar-refractivity contribution < 1.29 is 4.74 Å². The number of ether oxygens (including phenoxy) is 1. The quantitative estimate of drug-likeness (QED) is 0.849. The topological polar surface area (TPSA) is 35.2 Å². The van der Waals surface area contributed by atoms with Gasteiger partial charge in [0, 0.05) is 17.9 Å². The number of hydrogen-bond acceptors (Lipinski definition) is 2. The second-order valence-corrected chi connectivity index (χ2v) is 6.31. The monoisotopic (exact) mass is 231 g/mol. The van der Waals surface area contributed by atoms with Gasteiger partial charge < -0.3 is 10.5 Å². The fourth-order valence-corrected chi connectivity index (χ4v) is 3.06. The van der Waals surface area contributed by atoms with Crippen molar-refractivity contribution in [3.63, 3.8) is 0 Å². The fraction of sp³-hybridized carbons (Fsp3) is 0.600. The minimum absolute atomic E-state index is 0.0496. The molecule has 2 aliphatic rings. The van der Waals surface area contributed by atoms with Crippen LogP contribution in [0.15, 0.2) is 18.2 Å². The average molecular weight is 231 g/mol. The Bertz CT molecular complexity index is 458. The molecule has 1 unspecified atom stereocenters. The van der Waals surface area contributed by atoms with Gasteiger partial charge in [0.1, 0.15) is 11.4 Å². The van der Waals surface area contributed by atoms with Crippen LogP contribution in [0.5, 0.6) is 5.75 Å². The first kappa shape index (κ1) is 11.1. The summed E-state index contributed by atoms with van der Waals surface area (Å²) in [7, 11) is 0. The van der Waals surface area contributed by atoms with E-state index < -0.39 is 0 Å². The minimum atomic E-state index is -0.0496. The third-order valence-electron chi connectivity index (χ3n) is 4.30. The van der Waals surface area contributed by atoms with Crippen LogP contribution in [0, 0.1) is 0 Å². The van der Waals surface area contributed by atoms with E-state index in [2.05, 4.69) is 39.0 Å². The lowest BCUT2D eigenvalue weighted by atomic mass is 9.87. The van der Waals surface area contributed by atoms with Gasteiger partial charge in [-0.1, -0.05) is 12.1 Å². The molecule has 1 saturated carbocycles. The zero-order chi connectivity index (χ0) is 12.3. The average Bonchev–Trinajstić information content (AvgIpc) is 2.95. The first-order valence-corrected chi connectivity index (χ1v) is 6.51. The van der Waals surface area contributed by atoms with Crippen molar-refractivity contribution in [3.8, 4) is 5.75 Å². The molecule has 2 N–H and O–H groups in total. The summed E-state index contributed by atoms with van der Waals surface area (Å²) in [4.78, 5) is 0. The van der Waals surface area contributed by atoms with E-state index in [4.69, 9.17) is 10.5 Å². The predicted octanol–water partition coefficient (Wildman–Crippen LogP) is 2.78. The predicted molar refractivity (Wildman–Crippen MR) is 69.4 cm³/mol. The van der Waals surface area contributed by atoms with Crippen LogP contribution in [0.2, 0.25) is 0 Å². The lowest BCUT2D eigenvalue weighted by Gasteiger charge is -2.20. The van der Waals surface area contributed by atoms with Gasteiger partial charge in [-0.2, -0.15) is 0 Å². The molecule has 92 valence electrons. The number of benzene rings is 1. The molecule has 1 aromatic carbocycles. The highest BCUT2D eigenvalue weighted by Gasteiger charge is 2.47. The molecule has 1 aromatic rings. The van der Waals surface area contributed by atoms with Gasteiger partial charge in [0.05, 0.1) is 0 Å². The molecule has 1 fully saturated rings. The number of rotatable bonds is 2. The highest BCUT2D eigenvalue weighted by Crippen LogP contribution is 2.51. The van der Waals surface area contributed by atoms with Gasteiger partial charge >= 0.3 is 0 Å². The Kier molecular flexibility index (Phi) is 2.13. The SMILES string of the molecule is CC(N)C1(c2ccc3c(c2)CC(C)(C)O3)CC1. The lowest BCUT2D eigenvalue weighted by molar-refractivity contribution is 0.138. The maximum Gasteiger partial charge on any atom is 0.123 e. The highest BCUT2D eigenvalue weighted by molar-refractivity contribution is 5.46. The first-order valence-electron chi connectivity index (χ1n) is 6.51. The molecule has 1 aliphatic carbocycles. The van der Waals surface area contributed by atoms with Crippen LogP contribution >= 0.6 is 0 Å². The normalized spacial score (nSPS) is 24.9. The van der Waals surface area contributed by atoms with Crippen molar-refractivity contribution in [2.45, 2.75) is 57.1 Å². The van der Waals surface area contributed by atoms with Gasteiger partial charge in [0.2, 0.25) is 0 Å². The molecule has 0 saturated heterocycles. The molecule has 0 bridgehead atoms. The molecule has 2 nitrogen and oxygen atoms in total. The fourth-order valence-electron chi connectivity index (χ4n) is 3.06. The van der Waals surface area contributed by atoms with E-state index in [1.165, 1.54) is 24.0 Å². The summed E-state index contributed by atoms with van der Waals surface area (Å²) in [5, 5.41) is 0. The van der Waals surface area contributed by atoms with E-state index in [0.29, 0.717) is 0 Å². The largest absolute Gasteiger partial charge is 0.487 e. The summed E-state index contributed by atoms with van der Waals surface area (Å²) in [5.74, 6) is 1.05. The van der Waals surface area contributed by atoms with Crippen molar-refractivity contribution >= 4 is 0 Å². The zero-order valence-electron chi connectivity index (χ0n) is 10.9. The van der Waals surface area contributed by atoms with Gasteiger partial charge in [0.25, 0.3) is 0 Å². The van der Waals surface area contributed by atoms with E-state index in [0.717, 1.165) is 12.2 Å². The second-order valence-electron chi connectivity index (χ2n) is 6.31. The van der Waals surface area contributed by atoms with Crippen LogP contribution in [0.25, 0.3) is 0 Å². The van der Waals surface area contributed by atoms with Crippen molar-refractivity contribution in [2.24, 2.45) is 5.73 Å². The summed E-state index contributed by atoms with van der Waals surface area (Å²) < 4.78 is 5.91. The van der Waals surface area contributed by atoms with Gasteiger partial charge in [-0.25, -0.2) is 0 Å². The Morgan fingerprint density at radius 1 is 1.29 bits per heavy atom. The number of hydrogen-bond donors (Lipinski definition) is 1. The first-order chi connectivity index (χ1) is 7.93. The molecule has 0 amide bonds. The molecule has 2 heteroatoms. The summed E-state index contributed by atoms with van der Waals surface area (Å²) in [6.07, 6.45) is 3.46. The molecule has 0 radical (unpaired) electrons. The zero-order valence-corrected chi connectivity index (χ0v) is 10.9. The van der Waals surface area contributed by atoms with E-state index >= 15 is 0 Å².